The molecule has 1 aromatic carbocycles. The van der Waals surface area contributed by atoms with E-state index in [4.69, 9.17) is 16.7 Å². The number of benzene rings is 1. The van der Waals surface area contributed by atoms with Gasteiger partial charge < -0.3 is 5.11 Å². The van der Waals surface area contributed by atoms with Gasteiger partial charge in [-0.15, -0.1) is 11.3 Å². The number of sulfonamides is 1. The van der Waals surface area contributed by atoms with Crippen LogP contribution in [-0.2, 0) is 16.6 Å². The second-order valence-corrected chi connectivity index (χ2v) is 7.12. The minimum atomic E-state index is -3.86. The van der Waals surface area contributed by atoms with Crippen molar-refractivity contribution in [3.05, 3.63) is 46.0 Å². The summed E-state index contributed by atoms with van der Waals surface area (Å²) in [6, 6.07) is 6.50. The van der Waals surface area contributed by atoms with E-state index in [1.165, 1.54) is 24.3 Å². The second-order valence-electron chi connectivity index (χ2n) is 3.61. The second kappa shape index (κ2) is 5.46. The van der Waals surface area contributed by atoms with Crippen molar-refractivity contribution in [3.63, 3.8) is 0 Å². The number of nitrogens with one attached hydrogen (secondary N) is 1. The number of hydrogen-bond acceptors (Lipinski definition) is 4. The smallest absolute Gasteiger partial charge is 0.271 e. The van der Waals surface area contributed by atoms with Crippen LogP contribution in [0, 0.1) is 5.82 Å². The van der Waals surface area contributed by atoms with Crippen molar-refractivity contribution in [3.8, 4) is 0 Å². The molecule has 0 saturated heterocycles. The molecule has 19 heavy (non-hydrogen) atoms. The summed E-state index contributed by atoms with van der Waals surface area (Å²) in [4.78, 5) is 0.511. The van der Waals surface area contributed by atoms with Gasteiger partial charge in [-0.3, -0.25) is 4.72 Å². The zero-order chi connectivity index (χ0) is 14.0. The molecule has 1 aromatic heterocycles. The lowest BCUT2D eigenvalue weighted by Crippen LogP contribution is -2.12. The molecule has 0 unspecified atom stereocenters. The van der Waals surface area contributed by atoms with Gasteiger partial charge in [0.05, 0.1) is 12.3 Å². The first kappa shape index (κ1) is 14.3. The summed E-state index contributed by atoms with van der Waals surface area (Å²) in [5.41, 5.74) is -0.177. The molecule has 0 radical (unpaired) electrons. The number of anilines is 1. The van der Waals surface area contributed by atoms with Crippen molar-refractivity contribution in [1.82, 2.24) is 0 Å². The minimum Gasteiger partial charge on any atom is -0.391 e. The van der Waals surface area contributed by atoms with Gasteiger partial charge in [-0.1, -0.05) is 11.6 Å². The summed E-state index contributed by atoms with van der Waals surface area (Å²) in [5, 5.41) is 9.08. The molecule has 0 atom stereocenters. The Morgan fingerprint density at radius 3 is 2.63 bits per heavy atom. The highest BCUT2D eigenvalue weighted by Gasteiger charge is 2.18. The molecule has 8 heteroatoms. The molecule has 2 N–H and O–H groups in total. The Kier molecular flexibility index (Phi) is 4.10. The van der Waals surface area contributed by atoms with E-state index < -0.39 is 15.8 Å². The Balaban J connectivity index is 2.30. The lowest BCUT2D eigenvalue weighted by atomic mass is 10.3. The number of aliphatic hydroxyl groups is 1. The fourth-order valence-electron chi connectivity index (χ4n) is 1.35. The van der Waals surface area contributed by atoms with Crippen LogP contribution >= 0.6 is 22.9 Å². The molecule has 0 aliphatic carbocycles. The maximum atomic E-state index is 13.5. The molecule has 0 saturated carbocycles. The number of hydrogen-bond donors (Lipinski definition) is 2. The fourth-order valence-corrected chi connectivity index (χ4v) is 3.80. The summed E-state index contributed by atoms with van der Waals surface area (Å²) < 4.78 is 39.6. The summed E-state index contributed by atoms with van der Waals surface area (Å²) in [7, 11) is -3.86. The van der Waals surface area contributed by atoms with Gasteiger partial charge in [-0.2, -0.15) is 0 Å². The molecule has 0 amide bonds. The van der Waals surface area contributed by atoms with Crippen molar-refractivity contribution in [2.45, 2.75) is 10.8 Å². The quantitative estimate of drug-likeness (QED) is 0.910. The Labute approximate surface area is 118 Å². The van der Waals surface area contributed by atoms with Crippen LogP contribution in [0.15, 0.2) is 34.5 Å². The number of thiophene rings is 1. The number of aliphatic hydroxyl groups excluding tert-OH is 1. The molecule has 1 heterocycles. The van der Waals surface area contributed by atoms with Crippen molar-refractivity contribution in [2.75, 3.05) is 4.72 Å². The molecule has 0 aliphatic rings. The Morgan fingerprint density at radius 1 is 1.32 bits per heavy atom. The van der Waals surface area contributed by atoms with E-state index in [1.54, 1.807) is 0 Å². The van der Waals surface area contributed by atoms with Crippen molar-refractivity contribution in [2.24, 2.45) is 0 Å². The number of halogens is 2. The first-order chi connectivity index (χ1) is 8.92. The molecular weight excluding hydrogens is 313 g/mol. The molecular formula is C11H9ClFNO3S2. The third kappa shape index (κ3) is 3.24. The Morgan fingerprint density at radius 2 is 2.05 bits per heavy atom. The molecule has 102 valence electrons. The Hall–Kier alpha value is -1.15. The van der Waals surface area contributed by atoms with Gasteiger partial charge >= 0.3 is 0 Å². The summed E-state index contributed by atoms with van der Waals surface area (Å²) in [6.45, 7) is -0.241. The highest BCUT2D eigenvalue weighted by molar-refractivity contribution is 7.94. The molecule has 0 fully saturated rings. The van der Waals surface area contributed by atoms with Crippen molar-refractivity contribution < 1.29 is 17.9 Å². The average Bonchev–Trinajstić information content (AvgIpc) is 2.82. The van der Waals surface area contributed by atoms with Crippen LogP contribution in [0.1, 0.15) is 4.88 Å². The predicted molar refractivity (Wildman–Crippen MR) is 72.5 cm³/mol. The molecule has 0 bridgehead atoms. The van der Waals surface area contributed by atoms with E-state index in [0.717, 1.165) is 17.4 Å². The van der Waals surface area contributed by atoms with Crippen LogP contribution < -0.4 is 4.72 Å². The maximum absolute atomic E-state index is 13.5. The van der Waals surface area contributed by atoms with Gasteiger partial charge in [0, 0.05) is 9.90 Å². The van der Waals surface area contributed by atoms with Gasteiger partial charge in [0.2, 0.25) is 0 Å². The monoisotopic (exact) mass is 321 g/mol. The van der Waals surface area contributed by atoms with E-state index >= 15 is 0 Å². The third-order valence-corrected chi connectivity index (χ3v) is 5.40. The van der Waals surface area contributed by atoms with E-state index in [2.05, 4.69) is 4.72 Å². The zero-order valence-electron chi connectivity index (χ0n) is 9.43. The topological polar surface area (TPSA) is 66.4 Å². The van der Waals surface area contributed by atoms with E-state index in [-0.39, 0.29) is 21.5 Å². The van der Waals surface area contributed by atoms with Gasteiger partial charge in [-0.25, -0.2) is 12.8 Å². The largest absolute Gasteiger partial charge is 0.391 e. The minimum absolute atomic E-state index is 0.00546. The maximum Gasteiger partial charge on any atom is 0.271 e. The molecule has 0 aliphatic heterocycles. The van der Waals surface area contributed by atoms with E-state index in [0.29, 0.717) is 4.88 Å². The van der Waals surface area contributed by atoms with Gasteiger partial charge in [-0.05, 0) is 30.3 Å². The summed E-state index contributed by atoms with van der Waals surface area (Å²) in [5.74, 6) is -0.755. The Bertz CT molecular complexity index is 700. The van der Waals surface area contributed by atoms with Crippen LogP contribution in [0.25, 0.3) is 0 Å². The van der Waals surface area contributed by atoms with Gasteiger partial charge in [0.15, 0.2) is 0 Å². The fraction of sp³-hybridized carbons (Fsp3) is 0.0909. The summed E-state index contributed by atoms with van der Waals surface area (Å²) in [6.07, 6.45) is 0. The molecule has 0 spiro atoms. The van der Waals surface area contributed by atoms with E-state index in [9.17, 15) is 12.8 Å². The zero-order valence-corrected chi connectivity index (χ0v) is 11.8. The predicted octanol–water partition coefficient (Wildman–Crippen LogP) is 2.83. The van der Waals surface area contributed by atoms with Crippen LogP contribution in [0.2, 0.25) is 5.02 Å². The van der Waals surface area contributed by atoms with Crippen LogP contribution in [0.3, 0.4) is 0 Å². The van der Waals surface area contributed by atoms with Gasteiger partial charge in [0.1, 0.15) is 10.0 Å². The highest BCUT2D eigenvalue weighted by Crippen LogP contribution is 2.26. The lowest BCUT2D eigenvalue weighted by molar-refractivity contribution is 0.285. The van der Waals surface area contributed by atoms with Crippen molar-refractivity contribution >= 4 is 38.6 Å². The average molecular weight is 322 g/mol. The molecule has 4 nitrogen and oxygen atoms in total. The first-order valence-corrected chi connectivity index (χ1v) is 7.77. The number of rotatable bonds is 4. The highest BCUT2D eigenvalue weighted by atomic mass is 35.5. The molecule has 2 rings (SSSR count). The van der Waals surface area contributed by atoms with Crippen molar-refractivity contribution in [1.29, 1.82) is 0 Å². The first-order valence-electron chi connectivity index (χ1n) is 5.10. The third-order valence-electron chi connectivity index (χ3n) is 2.23. The normalized spacial score (nSPS) is 11.5. The van der Waals surface area contributed by atoms with Crippen LogP contribution in [0.5, 0.6) is 0 Å². The summed E-state index contributed by atoms with van der Waals surface area (Å²) >= 11 is 6.50. The standard InChI is InChI=1S/C11H9ClFNO3S2/c12-7-1-3-10(9(13)5-7)14-19(16,17)11-4-2-8(6-15)18-11/h1-5,14-15H,6H2. The van der Waals surface area contributed by atoms with Crippen LogP contribution in [-0.4, -0.2) is 13.5 Å². The molecule has 2 aromatic rings. The SMILES string of the molecule is O=S(=O)(Nc1ccc(Cl)cc1F)c1ccc(CO)s1. The van der Waals surface area contributed by atoms with Crippen LogP contribution in [0.4, 0.5) is 10.1 Å². The van der Waals surface area contributed by atoms with Gasteiger partial charge in [0.25, 0.3) is 10.0 Å². The lowest BCUT2D eigenvalue weighted by Gasteiger charge is -2.07. The van der Waals surface area contributed by atoms with E-state index in [1.807, 2.05) is 0 Å².